The van der Waals surface area contributed by atoms with Crippen LogP contribution in [0.15, 0.2) is 42.5 Å². The summed E-state index contributed by atoms with van der Waals surface area (Å²) in [5.74, 6) is -0.285. The lowest BCUT2D eigenvalue weighted by atomic mass is 10.0. The Morgan fingerprint density at radius 2 is 2.04 bits per heavy atom. The van der Waals surface area contributed by atoms with E-state index in [9.17, 15) is 9.90 Å². The summed E-state index contributed by atoms with van der Waals surface area (Å²) < 4.78 is 5.88. The number of unbranched alkanes of at least 4 members (excludes halogenated alkanes) is 3. The quantitative estimate of drug-likeness (QED) is 0.404. The van der Waals surface area contributed by atoms with Crippen molar-refractivity contribution in [2.75, 3.05) is 6.61 Å². The summed E-state index contributed by atoms with van der Waals surface area (Å²) in [6, 6.07) is 9.74. The number of pyridine rings is 1. The average molecular weight is 371 g/mol. The third-order valence-corrected chi connectivity index (χ3v) is 4.35. The van der Waals surface area contributed by atoms with Crippen molar-refractivity contribution in [1.29, 1.82) is 0 Å². The van der Waals surface area contributed by atoms with E-state index in [4.69, 9.17) is 9.84 Å². The number of allylic oxidation sites excluding steroid dienone is 1. The summed E-state index contributed by atoms with van der Waals surface area (Å²) in [7, 11) is 0. The zero-order valence-electron chi connectivity index (χ0n) is 15.9. The largest absolute Gasteiger partial charge is 0.481 e. The maximum absolute atomic E-state index is 10.6. The van der Waals surface area contributed by atoms with E-state index in [0.29, 0.717) is 37.3 Å². The Bertz CT molecular complexity index is 757. The van der Waals surface area contributed by atoms with Gasteiger partial charge in [-0.2, -0.15) is 0 Å². The lowest BCUT2D eigenvalue weighted by molar-refractivity contribution is -0.137. The van der Waals surface area contributed by atoms with Crippen LogP contribution in [-0.2, 0) is 4.79 Å². The summed E-state index contributed by atoms with van der Waals surface area (Å²) in [6.45, 7) is 2.73. The molecule has 0 aliphatic heterocycles. The zero-order valence-corrected chi connectivity index (χ0v) is 15.9. The summed E-state index contributed by atoms with van der Waals surface area (Å²) in [4.78, 5) is 15.1. The molecule has 1 aromatic heterocycles. The number of ether oxygens (including phenoxy) is 1. The number of nitrogens with zero attached hydrogens (tertiary/aromatic N) is 1. The fourth-order valence-electron chi connectivity index (χ4n) is 2.83. The highest BCUT2D eigenvalue weighted by Gasteiger charge is 2.15. The molecule has 0 spiro atoms. The molecule has 1 heterocycles. The third kappa shape index (κ3) is 7.02. The summed E-state index contributed by atoms with van der Waals surface area (Å²) in [6.07, 6.45) is 8.19. The molecule has 0 aliphatic rings. The van der Waals surface area contributed by atoms with E-state index in [1.807, 2.05) is 42.5 Å². The van der Waals surface area contributed by atoms with Crippen LogP contribution in [0.25, 0.3) is 10.9 Å². The van der Waals surface area contributed by atoms with E-state index in [-0.39, 0.29) is 6.42 Å². The van der Waals surface area contributed by atoms with Crippen molar-refractivity contribution in [2.24, 2.45) is 0 Å². The van der Waals surface area contributed by atoms with Crippen LogP contribution in [0, 0.1) is 0 Å². The van der Waals surface area contributed by atoms with Gasteiger partial charge in [0.25, 0.3) is 0 Å². The van der Waals surface area contributed by atoms with Crippen molar-refractivity contribution < 1.29 is 19.7 Å². The van der Waals surface area contributed by atoms with Gasteiger partial charge in [0.2, 0.25) is 5.88 Å². The van der Waals surface area contributed by atoms with Gasteiger partial charge in [-0.1, -0.05) is 50.1 Å². The number of benzene rings is 1. The highest BCUT2D eigenvalue weighted by atomic mass is 16.5. The first-order valence-electron chi connectivity index (χ1n) is 9.69. The van der Waals surface area contributed by atoms with Gasteiger partial charge in [-0.25, -0.2) is 4.98 Å². The van der Waals surface area contributed by atoms with Crippen LogP contribution >= 0.6 is 0 Å². The van der Waals surface area contributed by atoms with Crippen LogP contribution in [0.5, 0.6) is 5.88 Å². The summed E-state index contributed by atoms with van der Waals surface area (Å²) in [5, 5.41) is 20.3. The fraction of sp³-hybridized carbons (Fsp3) is 0.455. The molecule has 1 unspecified atom stereocenters. The van der Waals surface area contributed by atoms with E-state index >= 15 is 0 Å². The van der Waals surface area contributed by atoms with Gasteiger partial charge < -0.3 is 14.9 Å². The van der Waals surface area contributed by atoms with Crippen LogP contribution < -0.4 is 4.74 Å². The van der Waals surface area contributed by atoms with E-state index in [1.165, 1.54) is 0 Å². The van der Waals surface area contributed by atoms with Crippen LogP contribution in [0.4, 0.5) is 0 Å². The minimum Gasteiger partial charge on any atom is -0.481 e. The molecule has 5 heteroatoms. The van der Waals surface area contributed by atoms with Gasteiger partial charge in [0.1, 0.15) is 0 Å². The SMILES string of the molecule is CCCCCOc1nc2ccccc2cc1C(O)C/C=C\CCCC(=O)O. The monoisotopic (exact) mass is 371 g/mol. The molecule has 0 saturated carbocycles. The highest BCUT2D eigenvalue weighted by Crippen LogP contribution is 2.30. The lowest BCUT2D eigenvalue weighted by Crippen LogP contribution is -2.06. The topological polar surface area (TPSA) is 79.7 Å². The first-order chi connectivity index (χ1) is 13.1. The Morgan fingerprint density at radius 3 is 2.81 bits per heavy atom. The van der Waals surface area contributed by atoms with Gasteiger partial charge in [-0.05, 0) is 37.8 Å². The molecule has 1 aromatic carbocycles. The second kappa shape index (κ2) is 11.3. The fourth-order valence-corrected chi connectivity index (χ4v) is 2.83. The molecule has 0 aliphatic carbocycles. The molecule has 0 fully saturated rings. The zero-order chi connectivity index (χ0) is 19.5. The number of fused-ring (bicyclic) bond motifs is 1. The molecular formula is C22H29NO4. The number of carbonyl (C=O) groups is 1. The molecule has 0 bridgehead atoms. The number of carboxylic acids is 1. The molecule has 5 nitrogen and oxygen atoms in total. The van der Waals surface area contributed by atoms with Crippen molar-refractivity contribution in [2.45, 2.75) is 58.0 Å². The predicted octanol–water partition coefficient (Wildman–Crippen LogP) is 5.04. The predicted molar refractivity (Wildman–Crippen MR) is 107 cm³/mol. The molecule has 2 rings (SSSR count). The van der Waals surface area contributed by atoms with Gasteiger partial charge in [0.05, 0.1) is 18.2 Å². The number of para-hydroxylation sites is 1. The number of aliphatic hydroxyl groups excluding tert-OH is 1. The number of carboxylic acid groups (broad SMARTS) is 1. The smallest absolute Gasteiger partial charge is 0.303 e. The van der Waals surface area contributed by atoms with Gasteiger partial charge in [-0.3, -0.25) is 4.79 Å². The average Bonchev–Trinajstić information content (AvgIpc) is 2.67. The number of hydrogen-bond acceptors (Lipinski definition) is 4. The maximum atomic E-state index is 10.6. The second-order valence-corrected chi connectivity index (χ2v) is 6.64. The standard InChI is InChI=1S/C22H29NO4/c1-2-3-10-15-27-22-18(16-17-11-8-9-12-19(17)23-22)20(24)13-6-4-5-7-14-21(25)26/h4,6,8-9,11-12,16,20,24H,2-3,5,7,10,13-15H2,1H3,(H,25,26)/b6-4-. The normalized spacial score (nSPS) is 12.5. The van der Waals surface area contributed by atoms with Crippen LogP contribution in [-0.4, -0.2) is 27.8 Å². The Hall–Kier alpha value is -2.40. The number of aliphatic carboxylic acids is 1. The van der Waals surface area contributed by atoms with E-state index < -0.39 is 12.1 Å². The molecule has 27 heavy (non-hydrogen) atoms. The van der Waals surface area contributed by atoms with Gasteiger partial charge in [-0.15, -0.1) is 0 Å². The van der Waals surface area contributed by atoms with Crippen LogP contribution in [0.2, 0.25) is 0 Å². The van der Waals surface area contributed by atoms with Crippen LogP contribution in [0.3, 0.4) is 0 Å². The van der Waals surface area contributed by atoms with Crippen molar-refractivity contribution in [1.82, 2.24) is 4.98 Å². The molecule has 2 aromatic rings. The Morgan fingerprint density at radius 1 is 1.22 bits per heavy atom. The first-order valence-corrected chi connectivity index (χ1v) is 9.69. The van der Waals surface area contributed by atoms with Crippen molar-refractivity contribution in [3.63, 3.8) is 0 Å². The molecular weight excluding hydrogens is 342 g/mol. The molecule has 1 atom stereocenters. The van der Waals surface area contributed by atoms with Gasteiger partial charge in [0, 0.05) is 17.4 Å². The molecule has 146 valence electrons. The minimum absolute atomic E-state index is 0.164. The maximum Gasteiger partial charge on any atom is 0.303 e. The molecule has 0 radical (unpaired) electrons. The molecule has 2 N–H and O–H groups in total. The Balaban J connectivity index is 2.06. The third-order valence-electron chi connectivity index (χ3n) is 4.35. The second-order valence-electron chi connectivity index (χ2n) is 6.64. The number of rotatable bonds is 12. The summed E-state index contributed by atoms with van der Waals surface area (Å²) in [5.41, 5.74) is 1.54. The Labute approximate surface area is 160 Å². The van der Waals surface area contributed by atoms with E-state index in [1.54, 1.807) is 0 Å². The lowest BCUT2D eigenvalue weighted by Gasteiger charge is -2.15. The number of aromatic nitrogens is 1. The van der Waals surface area contributed by atoms with Gasteiger partial charge >= 0.3 is 5.97 Å². The van der Waals surface area contributed by atoms with Crippen molar-refractivity contribution >= 4 is 16.9 Å². The first kappa shape index (κ1) is 20.9. The minimum atomic E-state index is -0.782. The Kier molecular flexibility index (Phi) is 8.78. The van der Waals surface area contributed by atoms with Gasteiger partial charge in [0.15, 0.2) is 0 Å². The molecule has 0 saturated heterocycles. The summed E-state index contributed by atoms with van der Waals surface area (Å²) >= 11 is 0. The number of hydrogen-bond donors (Lipinski definition) is 2. The highest BCUT2D eigenvalue weighted by molar-refractivity contribution is 5.80. The van der Waals surface area contributed by atoms with E-state index in [2.05, 4.69) is 11.9 Å². The number of aliphatic hydroxyl groups is 1. The van der Waals surface area contributed by atoms with E-state index in [0.717, 1.165) is 30.2 Å². The van der Waals surface area contributed by atoms with Crippen molar-refractivity contribution in [3.8, 4) is 5.88 Å². The van der Waals surface area contributed by atoms with Crippen molar-refractivity contribution in [3.05, 3.63) is 48.0 Å². The molecule has 0 amide bonds. The van der Waals surface area contributed by atoms with Crippen LogP contribution in [0.1, 0.15) is 63.5 Å².